The molecule has 0 bridgehead atoms. The Morgan fingerprint density at radius 1 is 1.08 bits per heavy atom. The van der Waals surface area contributed by atoms with E-state index in [0.29, 0.717) is 6.61 Å². The summed E-state index contributed by atoms with van der Waals surface area (Å²) in [7, 11) is 0. The zero-order chi connectivity index (χ0) is 26.8. The Morgan fingerprint density at radius 3 is 2.61 bits per heavy atom. The average molecular weight is 585 g/mol. The van der Waals surface area contributed by atoms with E-state index in [9.17, 15) is 14.7 Å². The molecular weight excluding hydrogens is 542 g/mol. The van der Waals surface area contributed by atoms with Gasteiger partial charge in [0.1, 0.15) is 5.75 Å². The molecule has 0 spiro atoms. The van der Waals surface area contributed by atoms with Crippen molar-refractivity contribution in [1.82, 2.24) is 4.90 Å². The number of aromatic hydroxyl groups is 1. The Bertz CT molecular complexity index is 1120. The number of likely N-dealkylation sites (tertiary alicyclic amines) is 1. The van der Waals surface area contributed by atoms with Crippen LogP contribution in [-0.4, -0.2) is 40.6 Å². The highest BCUT2D eigenvalue weighted by Crippen LogP contribution is 2.51. The topological polar surface area (TPSA) is 66.8 Å². The van der Waals surface area contributed by atoms with E-state index >= 15 is 0 Å². The maximum Gasteiger partial charge on any atom is 0.234 e. The monoisotopic (exact) mass is 583 g/mol. The summed E-state index contributed by atoms with van der Waals surface area (Å²) in [5.74, 6) is 0.0533. The zero-order valence-electron chi connectivity index (χ0n) is 22.9. The van der Waals surface area contributed by atoms with Gasteiger partial charge in [0.15, 0.2) is 0 Å². The van der Waals surface area contributed by atoms with E-state index in [1.54, 1.807) is 11.0 Å². The molecule has 5 rings (SSSR count). The number of rotatable bonds is 9. The van der Waals surface area contributed by atoms with Gasteiger partial charge in [-0.05, 0) is 68.7 Å². The fourth-order valence-corrected chi connectivity index (χ4v) is 7.88. The smallest absolute Gasteiger partial charge is 0.234 e. The maximum atomic E-state index is 13.8. The minimum atomic E-state index is -0.241. The molecule has 38 heavy (non-hydrogen) atoms. The minimum Gasteiger partial charge on any atom is -0.507 e. The number of phenolic OH excluding ortho intramolecular Hbond substituents is 1. The van der Waals surface area contributed by atoms with Crippen LogP contribution in [0.25, 0.3) is 6.08 Å². The third kappa shape index (κ3) is 5.40. The normalized spacial score (nSPS) is 28.3. The second kappa shape index (κ2) is 12.1. The molecule has 0 aromatic heterocycles. The number of benzene rings is 1. The largest absolute Gasteiger partial charge is 0.507 e. The summed E-state index contributed by atoms with van der Waals surface area (Å²) in [6.07, 6.45) is 14.0. The Balaban J connectivity index is 1.36. The summed E-state index contributed by atoms with van der Waals surface area (Å²) >= 11 is 3.52. The van der Waals surface area contributed by atoms with Crippen molar-refractivity contribution in [3.8, 4) is 5.75 Å². The number of imide groups is 1. The van der Waals surface area contributed by atoms with E-state index in [4.69, 9.17) is 4.74 Å². The fourth-order valence-electron chi connectivity index (χ4n) is 7.50. The summed E-state index contributed by atoms with van der Waals surface area (Å²) in [5, 5.41) is 10.4. The van der Waals surface area contributed by atoms with E-state index < -0.39 is 0 Å². The Labute approximate surface area is 235 Å². The number of nitrogens with zero attached hydrogens (tertiary/aromatic N) is 1. The highest BCUT2D eigenvalue weighted by molar-refractivity contribution is 9.10. The van der Waals surface area contributed by atoms with Crippen molar-refractivity contribution in [2.75, 3.05) is 6.61 Å². The fraction of sp³-hybridized carbons (Fsp3) is 0.625. The Kier molecular flexibility index (Phi) is 8.79. The van der Waals surface area contributed by atoms with Crippen molar-refractivity contribution < 1.29 is 19.4 Å². The van der Waals surface area contributed by atoms with Crippen LogP contribution in [0.15, 0.2) is 39.4 Å². The molecule has 0 radical (unpaired) electrons. The van der Waals surface area contributed by atoms with Crippen molar-refractivity contribution >= 4 is 33.8 Å². The number of carbonyl (C=O) groups excluding carboxylic acids is 2. The van der Waals surface area contributed by atoms with Crippen LogP contribution >= 0.6 is 15.9 Å². The van der Waals surface area contributed by atoms with Gasteiger partial charge in [0, 0.05) is 22.0 Å². The van der Waals surface area contributed by atoms with E-state index in [0.717, 1.165) is 80.7 Å². The lowest BCUT2D eigenvalue weighted by atomic mass is 9.68. The van der Waals surface area contributed by atoms with Gasteiger partial charge >= 0.3 is 0 Å². The molecule has 2 aliphatic heterocycles. The molecule has 5 nitrogen and oxygen atoms in total. The molecule has 1 aromatic carbocycles. The molecular formula is C32H42BrNO4. The van der Waals surface area contributed by atoms with Gasteiger partial charge in [-0.3, -0.25) is 14.5 Å². The molecule has 2 saturated heterocycles. The van der Waals surface area contributed by atoms with E-state index in [2.05, 4.69) is 35.9 Å². The molecule has 1 aromatic rings. The third-order valence-corrected chi connectivity index (χ3v) is 9.67. The lowest BCUT2D eigenvalue weighted by Crippen LogP contribution is -2.42. The van der Waals surface area contributed by atoms with Crippen LogP contribution in [0.1, 0.15) is 96.5 Å². The summed E-state index contributed by atoms with van der Waals surface area (Å²) in [6.45, 7) is 4.92. The zero-order valence-corrected chi connectivity index (χ0v) is 24.5. The summed E-state index contributed by atoms with van der Waals surface area (Å²) in [5.41, 5.74) is 4.84. The number of phenols is 1. The summed E-state index contributed by atoms with van der Waals surface area (Å²) < 4.78 is 7.39. The van der Waals surface area contributed by atoms with Crippen molar-refractivity contribution in [3.63, 3.8) is 0 Å². The lowest BCUT2D eigenvalue weighted by molar-refractivity contribution is -0.143. The first kappa shape index (κ1) is 27.6. The molecule has 3 fully saturated rings. The number of halogens is 1. The SMILES string of the molecule is CCCC1=C2[C@@H](CC/C(=C/c3cc(Br)ccc3O)CCC)OC[C@@H]2[C@@H]2C(=O)N(C3CCCCC3)C(=O)[C@@H]2C1. The standard InChI is InChI=1S/C32H42BrNO4/c1-3-8-20(16-22-17-23(33)13-14-27(22)35)12-15-28-29-21(9-4-2)18-25-30(26(29)19-38-28)32(37)34(31(25)36)24-10-6-5-7-11-24/h13-14,16-17,24-26,28,30,35H,3-12,15,18-19H2,1-2H3/b20-16+/t25-,26+,28-,30-/m1/s1. The molecule has 2 amide bonds. The number of ether oxygens (including phenoxy) is 1. The molecule has 4 atom stereocenters. The van der Waals surface area contributed by atoms with Crippen LogP contribution in [0.3, 0.4) is 0 Å². The highest BCUT2D eigenvalue weighted by Gasteiger charge is 2.57. The van der Waals surface area contributed by atoms with E-state index in [1.807, 2.05) is 12.1 Å². The number of hydrogen-bond donors (Lipinski definition) is 1. The first-order valence-electron chi connectivity index (χ1n) is 14.8. The first-order chi connectivity index (χ1) is 18.4. The van der Waals surface area contributed by atoms with Gasteiger partial charge in [0.2, 0.25) is 11.8 Å². The van der Waals surface area contributed by atoms with Crippen molar-refractivity contribution in [3.05, 3.63) is 45.0 Å². The number of hydrogen-bond acceptors (Lipinski definition) is 4. The number of fused-ring (bicyclic) bond motifs is 3. The number of amides is 2. The van der Waals surface area contributed by atoms with Crippen LogP contribution in [0.2, 0.25) is 0 Å². The molecule has 0 unspecified atom stereocenters. The van der Waals surface area contributed by atoms with Gasteiger partial charge < -0.3 is 9.84 Å². The van der Waals surface area contributed by atoms with Crippen molar-refractivity contribution in [1.29, 1.82) is 0 Å². The lowest BCUT2D eigenvalue weighted by Gasteiger charge is -2.32. The highest BCUT2D eigenvalue weighted by atomic mass is 79.9. The Hall–Kier alpha value is -1.92. The second-order valence-electron chi connectivity index (χ2n) is 11.7. The van der Waals surface area contributed by atoms with Gasteiger partial charge in [-0.25, -0.2) is 0 Å². The second-order valence-corrected chi connectivity index (χ2v) is 12.6. The van der Waals surface area contributed by atoms with Crippen LogP contribution in [0, 0.1) is 17.8 Å². The predicted octanol–water partition coefficient (Wildman–Crippen LogP) is 7.57. The van der Waals surface area contributed by atoms with Crippen molar-refractivity contribution in [2.45, 2.75) is 103 Å². The van der Waals surface area contributed by atoms with Crippen LogP contribution < -0.4 is 0 Å². The minimum absolute atomic E-state index is 0.00509. The van der Waals surface area contributed by atoms with Gasteiger partial charge in [-0.2, -0.15) is 0 Å². The molecule has 4 aliphatic rings. The predicted molar refractivity (Wildman–Crippen MR) is 153 cm³/mol. The molecule has 2 aliphatic carbocycles. The van der Waals surface area contributed by atoms with Crippen LogP contribution in [-0.2, 0) is 14.3 Å². The van der Waals surface area contributed by atoms with Gasteiger partial charge in [0.25, 0.3) is 0 Å². The average Bonchev–Trinajstić information content (AvgIpc) is 3.44. The van der Waals surface area contributed by atoms with E-state index in [-0.39, 0.29) is 47.5 Å². The molecule has 1 N–H and O–H groups in total. The molecule has 1 saturated carbocycles. The Morgan fingerprint density at radius 2 is 1.87 bits per heavy atom. The quantitative estimate of drug-likeness (QED) is 0.240. The number of allylic oxidation sites excluding steroid dienone is 2. The number of carbonyl (C=O) groups is 2. The third-order valence-electron chi connectivity index (χ3n) is 9.18. The van der Waals surface area contributed by atoms with Gasteiger partial charge in [0.05, 0.1) is 24.5 Å². The molecule has 206 valence electrons. The van der Waals surface area contributed by atoms with Crippen molar-refractivity contribution in [2.24, 2.45) is 17.8 Å². The maximum absolute atomic E-state index is 13.8. The molecule has 6 heteroatoms. The van der Waals surface area contributed by atoms with Gasteiger partial charge in [-0.15, -0.1) is 0 Å². The first-order valence-corrected chi connectivity index (χ1v) is 15.6. The van der Waals surface area contributed by atoms with Crippen LogP contribution in [0.4, 0.5) is 0 Å². The molecule has 2 heterocycles. The summed E-state index contributed by atoms with van der Waals surface area (Å²) in [4.78, 5) is 29.1. The van der Waals surface area contributed by atoms with E-state index in [1.165, 1.54) is 23.1 Å². The summed E-state index contributed by atoms with van der Waals surface area (Å²) in [6, 6.07) is 5.63. The van der Waals surface area contributed by atoms with Crippen LogP contribution in [0.5, 0.6) is 5.75 Å². The van der Waals surface area contributed by atoms with Gasteiger partial charge in [-0.1, -0.05) is 79.1 Å².